The maximum absolute atomic E-state index is 12.5. The molecule has 2 aromatic carbocycles. The van der Waals surface area contributed by atoms with Gasteiger partial charge in [-0.15, -0.1) is 0 Å². The molecule has 2 N–H and O–H groups in total. The van der Waals surface area contributed by atoms with Gasteiger partial charge in [-0.2, -0.15) is 5.10 Å². The van der Waals surface area contributed by atoms with Gasteiger partial charge in [-0.1, -0.05) is 42.5 Å². The van der Waals surface area contributed by atoms with E-state index in [0.29, 0.717) is 13.0 Å². The van der Waals surface area contributed by atoms with E-state index in [2.05, 4.69) is 15.3 Å². The maximum Gasteiger partial charge on any atom is 0.229 e. The number of para-hydroxylation sites is 1. The number of nitrogens with one attached hydrogen (secondary N) is 1. The van der Waals surface area contributed by atoms with Crippen LogP contribution in [0.25, 0.3) is 10.9 Å². The molecule has 7 nitrogen and oxygen atoms in total. The van der Waals surface area contributed by atoms with Crippen LogP contribution in [0.4, 0.5) is 5.82 Å². The third-order valence-electron chi connectivity index (χ3n) is 6.18. The van der Waals surface area contributed by atoms with E-state index in [1.807, 2.05) is 65.3 Å². The van der Waals surface area contributed by atoms with Gasteiger partial charge in [-0.25, -0.2) is 4.68 Å². The number of piperidine rings is 1. The molecule has 5 rings (SSSR count). The van der Waals surface area contributed by atoms with Crippen LogP contribution < -0.4 is 5.32 Å². The average Bonchev–Trinajstić information content (AvgIpc) is 3.28. The van der Waals surface area contributed by atoms with Crippen molar-refractivity contribution in [3.8, 4) is 5.75 Å². The Hall–Kier alpha value is -3.71. The first-order chi connectivity index (χ1) is 16.2. The van der Waals surface area contributed by atoms with Crippen molar-refractivity contribution in [1.29, 1.82) is 0 Å². The number of amides is 1. The van der Waals surface area contributed by atoms with E-state index >= 15 is 0 Å². The van der Waals surface area contributed by atoms with Crippen molar-refractivity contribution in [2.24, 2.45) is 0 Å². The van der Waals surface area contributed by atoms with E-state index < -0.39 is 0 Å². The molecule has 2 aromatic heterocycles. The number of rotatable bonds is 6. The SMILES string of the molecule is O=C(Cc1ccccc1)Nc1ccnn1C1CCN(Cc2cc(O)c3ccccc3n2)CC1. The topological polar surface area (TPSA) is 83.3 Å². The molecule has 1 saturated heterocycles. The molecule has 33 heavy (non-hydrogen) atoms. The minimum absolute atomic E-state index is 0.0393. The molecule has 0 atom stereocenters. The third kappa shape index (κ3) is 4.88. The summed E-state index contributed by atoms with van der Waals surface area (Å²) >= 11 is 0. The van der Waals surface area contributed by atoms with Crippen LogP contribution in [-0.4, -0.2) is 43.8 Å². The first-order valence-electron chi connectivity index (χ1n) is 11.3. The van der Waals surface area contributed by atoms with Crippen molar-refractivity contribution in [2.75, 3.05) is 18.4 Å². The molecule has 4 aromatic rings. The molecule has 7 heteroatoms. The predicted molar refractivity (Wildman–Crippen MR) is 128 cm³/mol. The van der Waals surface area contributed by atoms with Gasteiger partial charge < -0.3 is 10.4 Å². The zero-order chi connectivity index (χ0) is 22.6. The lowest BCUT2D eigenvalue weighted by atomic mass is 10.0. The highest BCUT2D eigenvalue weighted by atomic mass is 16.3. The lowest BCUT2D eigenvalue weighted by molar-refractivity contribution is -0.115. The summed E-state index contributed by atoms with van der Waals surface area (Å²) in [6.07, 6.45) is 3.95. The van der Waals surface area contributed by atoms with Gasteiger partial charge in [0.2, 0.25) is 5.91 Å². The second-order valence-electron chi connectivity index (χ2n) is 8.53. The average molecular weight is 442 g/mol. The van der Waals surface area contributed by atoms with Gasteiger partial charge in [0, 0.05) is 37.2 Å². The highest BCUT2D eigenvalue weighted by Crippen LogP contribution is 2.28. The fourth-order valence-electron chi connectivity index (χ4n) is 4.51. The molecular weight excluding hydrogens is 414 g/mol. The Labute approximate surface area is 192 Å². The molecule has 3 heterocycles. The highest BCUT2D eigenvalue weighted by Gasteiger charge is 2.24. The molecule has 0 unspecified atom stereocenters. The molecular formula is C26H27N5O2. The summed E-state index contributed by atoms with van der Waals surface area (Å²) in [6.45, 7) is 2.50. The highest BCUT2D eigenvalue weighted by molar-refractivity contribution is 5.91. The number of likely N-dealkylation sites (tertiary alicyclic amines) is 1. The number of hydrogen-bond acceptors (Lipinski definition) is 5. The molecule has 0 aliphatic carbocycles. The Kier molecular flexibility index (Phi) is 6.04. The maximum atomic E-state index is 12.5. The van der Waals surface area contributed by atoms with Gasteiger partial charge in [0.15, 0.2) is 0 Å². The van der Waals surface area contributed by atoms with Gasteiger partial charge in [-0.3, -0.25) is 14.7 Å². The van der Waals surface area contributed by atoms with Gasteiger partial charge in [0.1, 0.15) is 11.6 Å². The number of carbonyl (C=O) groups is 1. The van der Waals surface area contributed by atoms with Crippen LogP contribution in [-0.2, 0) is 17.8 Å². The number of anilines is 1. The lowest BCUT2D eigenvalue weighted by Crippen LogP contribution is -2.35. The fraction of sp³-hybridized carbons (Fsp3) is 0.269. The summed E-state index contributed by atoms with van der Waals surface area (Å²) in [7, 11) is 0. The van der Waals surface area contributed by atoms with Crippen LogP contribution in [0.1, 0.15) is 30.1 Å². The monoisotopic (exact) mass is 441 g/mol. The van der Waals surface area contributed by atoms with Gasteiger partial charge in [0.25, 0.3) is 0 Å². The number of benzene rings is 2. The molecule has 0 bridgehead atoms. The van der Waals surface area contributed by atoms with E-state index in [0.717, 1.165) is 53.9 Å². The first kappa shape index (κ1) is 21.2. The Bertz CT molecular complexity index is 1250. The Morgan fingerprint density at radius 2 is 1.79 bits per heavy atom. The molecule has 1 amide bonds. The van der Waals surface area contributed by atoms with Gasteiger partial charge in [0.05, 0.1) is 29.9 Å². The van der Waals surface area contributed by atoms with Crippen LogP contribution in [0.15, 0.2) is 72.9 Å². The smallest absolute Gasteiger partial charge is 0.229 e. The van der Waals surface area contributed by atoms with Crippen LogP contribution in [0.2, 0.25) is 0 Å². The van der Waals surface area contributed by atoms with E-state index in [9.17, 15) is 9.90 Å². The van der Waals surface area contributed by atoms with Crippen LogP contribution in [0, 0.1) is 0 Å². The number of hydrogen-bond donors (Lipinski definition) is 2. The van der Waals surface area contributed by atoms with Crippen molar-refractivity contribution >= 4 is 22.6 Å². The number of carbonyl (C=O) groups excluding carboxylic acids is 1. The minimum atomic E-state index is -0.0393. The second-order valence-corrected chi connectivity index (χ2v) is 8.53. The zero-order valence-corrected chi connectivity index (χ0v) is 18.4. The summed E-state index contributed by atoms with van der Waals surface area (Å²) in [5.74, 6) is 0.982. The molecule has 0 saturated carbocycles. The standard InChI is InChI=1S/C26H27N5O2/c32-24-17-20(28-23-9-5-4-8-22(23)24)18-30-14-11-21(12-15-30)31-25(10-13-27-31)29-26(33)16-19-6-2-1-3-7-19/h1-10,13,17,21H,11-12,14-16,18H2,(H,28,32)(H,29,33). The van der Waals surface area contributed by atoms with E-state index in [1.54, 1.807) is 12.3 Å². The van der Waals surface area contributed by atoms with Crippen molar-refractivity contribution in [2.45, 2.75) is 31.8 Å². The number of pyridine rings is 1. The van der Waals surface area contributed by atoms with Crippen molar-refractivity contribution in [1.82, 2.24) is 19.7 Å². The zero-order valence-electron chi connectivity index (χ0n) is 18.4. The lowest BCUT2D eigenvalue weighted by Gasteiger charge is -2.32. The van der Waals surface area contributed by atoms with Gasteiger partial charge >= 0.3 is 0 Å². The van der Waals surface area contributed by atoms with Crippen molar-refractivity contribution in [3.63, 3.8) is 0 Å². The molecule has 1 aliphatic rings. The summed E-state index contributed by atoms with van der Waals surface area (Å²) in [5, 5.41) is 18.6. The molecule has 168 valence electrons. The fourth-order valence-corrected chi connectivity index (χ4v) is 4.51. The Morgan fingerprint density at radius 1 is 1.03 bits per heavy atom. The molecule has 0 radical (unpaired) electrons. The number of nitrogens with zero attached hydrogens (tertiary/aromatic N) is 4. The third-order valence-corrected chi connectivity index (χ3v) is 6.18. The predicted octanol–water partition coefficient (Wildman–Crippen LogP) is 4.16. The second kappa shape index (κ2) is 9.42. The van der Waals surface area contributed by atoms with Crippen LogP contribution in [0.5, 0.6) is 5.75 Å². The van der Waals surface area contributed by atoms with E-state index in [-0.39, 0.29) is 17.7 Å². The largest absolute Gasteiger partial charge is 0.507 e. The number of aromatic hydroxyl groups is 1. The van der Waals surface area contributed by atoms with Gasteiger partial charge in [-0.05, 0) is 30.5 Å². The van der Waals surface area contributed by atoms with Crippen molar-refractivity contribution < 1.29 is 9.90 Å². The molecule has 0 spiro atoms. The van der Waals surface area contributed by atoms with E-state index in [1.165, 1.54) is 0 Å². The summed E-state index contributed by atoms with van der Waals surface area (Å²) in [5.41, 5.74) is 2.68. The quantitative estimate of drug-likeness (QED) is 0.470. The van der Waals surface area contributed by atoms with Crippen LogP contribution in [0.3, 0.4) is 0 Å². The summed E-state index contributed by atoms with van der Waals surface area (Å²) < 4.78 is 1.94. The van der Waals surface area contributed by atoms with Crippen molar-refractivity contribution in [3.05, 3.63) is 84.2 Å². The Morgan fingerprint density at radius 3 is 2.61 bits per heavy atom. The number of fused-ring (bicyclic) bond motifs is 1. The summed E-state index contributed by atoms with van der Waals surface area (Å²) in [6, 6.07) is 21.2. The first-order valence-corrected chi connectivity index (χ1v) is 11.3. The molecule has 1 fully saturated rings. The van der Waals surface area contributed by atoms with E-state index in [4.69, 9.17) is 4.98 Å². The van der Waals surface area contributed by atoms with Crippen LogP contribution >= 0.6 is 0 Å². The summed E-state index contributed by atoms with van der Waals surface area (Å²) in [4.78, 5) is 19.6. The Balaban J connectivity index is 1.19. The normalized spacial score (nSPS) is 15.0. The minimum Gasteiger partial charge on any atom is -0.507 e. The number of aromatic nitrogens is 3. The molecule has 1 aliphatic heterocycles.